The molecular weight excluding hydrogens is 224 g/mol. The maximum atomic E-state index is 11.4. The molecule has 0 fully saturated rings. The molecule has 0 saturated heterocycles. The molecule has 7 nitrogen and oxygen atoms in total. The maximum absolute atomic E-state index is 11.4. The summed E-state index contributed by atoms with van der Waals surface area (Å²) in [4.78, 5) is 25.3. The summed E-state index contributed by atoms with van der Waals surface area (Å²) in [6, 6.07) is 4.83. The van der Waals surface area contributed by atoms with Gasteiger partial charge in [-0.1, -0.05) is 11.2 Å². The van der Waals surface area contributed by atoms with Crippen molar-refractivity contribution in [2.75, 3.05) is 0 Å². The van der Waals surface area contributed by atoms with Crippen LogP contribution in [0.15, 0.2) is 32.5 Å². The van der Waals surface area contributed by atoms with Crippen molar-refractivity contribution in [1.29, 1.82) is 0 Å². The minimum absolute atomic E-state index is 0.156. The van der Waals surface area contributed by atoms with Crippen LogP contribution in [0, 0.1) is 0 Å². The van der Waals surface area contributed by atoms with E-state index >= 15 is 0 Å². The van der Waals surface area contributed by atoms with E-state index in [0.717, 1.165) is 4.57 Å². The number of carbonyl (C=O) groups is 1. The third-order valence-corrected chi connectivity index (χ3v) is 2.28. The van der Waals surface area contributed by atoms with Crippen LogP contribution in [0.4, 0.5) is 0 Å². The van der Waals surface area contributed by atoms with Gasteiger partial charge in [-0.05, 0) is 23.2 Å². The molecular formula is C10H8N4O3. The fourth-order valence-corrected chi connectivity index (χ4v) is 1.57. The highest BCUT2D eigenvalue weighted by Crippen LogP contribution is 2.15. The van der Waals surface area contributed by atoms with E-state index in [1.807, 2.05) is 0 Å². The van der Waals surface area contributed by atoms with Gasteiger partial charge >= 0.3 is 5.76 Å². The minimum atomic E-state index is -0.714. The third-order valence-electron chi connectivity index (χ3n) is 2.28. The smallest absolute Gasteiger partial charge is 0.407 e. The lowest BCUT2D eigenvalue weighted by atomic mass is 10.2. The molecule has 0 N–H and O–H groups in total. The van der Waals surface area contributed by atoms with Crippen molar-refractivity contribution in [3.05, 3.63) is 44.8 Å². The zero-order valence-electron chi connectivity index (χ0n) is 8.95. The molecule has 0 saturated carbocycles. The van der Waals surface area contributed by atoms with Crippen LogP contribution in [-0.4, -0.2) is 10.5 Å². The van der Waals surface area contributed by atoms with Crippen molar-refractivity contribution in [3.63, 3.8) is 0 Å². The second kappa shape index (κ2) is 4.15. The highest BCUT2D eigenvalue weighted by molar-refractivity contribution is 5.87. The molecule has 0 radical (unpaired) electrons. The molecule has 86 valence electrons. The molecule has 0 aliphatic rings. The number of aromatic nitrogens is 1. The Balaban J connectivity index is 2.66. The summed E-state index contributed by atoms with van der Waals surface area (Å²) < 4.78 is 5.84. The standard InChI is InChI=1S/C10H8N4O3/c1-6(15)14-8-4-7(5-12-13-11)2-3-9(8)17-10(14)16/h2-4H,5H2,1H3. The lowest BCUT2D eigenvalue weighted by Gasteiger charge is -1.97. The number of hydrogen-bond acceptors (Lipinski definition) is 4. The topological polar surface area (TPSA) is 101 Å². The van der Waals surface area contributed by atoms with Crippen molar-refractivity contribution in [1.82, 2.24) is 4.57 Å². The van der Waals surface area contributed by atoms with Gasteiger partial charge in [0.05, 0.1) is 12.1 Å². The Morgan fingerprint density at radius 2 is 2.35 bits per heavy atom. The summed E-state index contributed by atoms with van der Waals surface area (Å²) in [5.41, 5.74) is 9.63. The maximum Gasteiger partial charge on any atom is 0.426 e. The number of benzene rings is 1. The van der Waals surface area contributed by atoms with Gasteiger partial charge in [0.15, 0.2) is 5.58 Å². The number of oxazole rings is 1. The zero-order chi connectivity index (χ0) is 12.4. The molecule has 0 atom stereocenters. The molecule has 0 aliphatic heterocycles. The Labute approximate surface area is 94.9 Å². The molecule has 7 heteroatoms. The first-order chi connectivity index (χ1) is 8.13. The van der Waals surface area contributed by atoms with Crippen LogP contribution in [0.25, 0.3) is 21.5 Å². The summed E-state index contributed by atoms with van der Waals surface area (Å²) in [5, 5.41) is 3.41. The number of fused-ring (bicyclic) bond motifs is 1. The molecule has 2 rings (SSSR count). The second-order valence-corrected chi connectivity index (χ2v) is 3.41. The van der Waals surface area contributed by atoms with Gasteiger partial charge in [-0.3, -0.25) is 4.79 Å². The van der Waals surface area contributed by atoms with Crippen LogP contribution in [-0.2, 0) is 6.54 Å². The monoisotopic (exact) mass is 232 g/mol. The Bertz CT molecular complexity index is 691. The second-order valence-electron chi connectivity index (χ2n) is 3.41. The van der Waals surface area contributed by atoms with Gasteiger partial charge in [0.1, 0.15) is 0 Å². The van der Waals surface area contributed by atoms with Crippen LogP contribution >= 0.6 is 0 Å². The molecule has 0 unspecified atom stereocenters. The van der Waals surface area contributed by atoms with Gasteiger partial charge < -0.3 is 4.42 Å². The summed E-state index contributed by atoms with van der Waals surface area (Å²) in [6.07, 6.45) is 0. The number of rotatable bonds is 2. The summed E-state index contributed by atoms with van der Waals surface area (Å²) >= 11 is 0. The summed E-state index contributed by atoms with van der Waals surface area (Å²) in [5.74, 6) is -1.14. The predicted molar refractivity (Wildman–Crippen MR) is 59.6 cm³/mol. The number of nitrogens with zero attached hydrogens (tertiary/aromatic N) is 4. The van der Waals surface area contributed by atoms with E-state index in [9.17, 15) is 9.59 Å². The van der Waals surface area contributed by atoms with Gasteiger partial charge in [-0.25, -0.2) is 9.36 Å². The van der Waals surface area contributed by atoms with Gasteiger partial charge in [0.25, 0.3) is 0 Å². The quantitative estimate of drug-likeness (QED) is 0.449. The molecule has 1 aromatic heterocycles. The van der Waals surface area contributed by atoms with E-state index in [0.29, 0.717) is 16.7 Å². The lowest BCUT2D eigenvalue weighted by molar-refractivity contribution is 0.0933. The third kappa shape index (κ3) is 1.91. The highest BCUT2D eigenvalue weighted by Gasteiger charge is 2.12. The van der Waals surface area contributed by atoms with Crippen molar-refractivity contribution < 1.29 is 9.21 Å². The molecule has 17 heavy (non-hydrogen) atoms. The first kappa shape index (κ1) is 11.0. The molecule has 0 amide bonds. The average molecular weight is 232 g/mol. The van der Waals surface area contributed by atoms with Gasteiger partial charge in [-0.15, -0.1) is 0 Å². The molecule has 0 spiro atoms. The number of hydrogen-bond donors (Lipinski definition) is 0. The van der Waals surface area contributed by atoms with Crippen molar-refractivity contribution in [2.45, 2.75) is 13.5 Å². The zero-order valence-corrected chi connectivity index (χ0v) is 8.95. The van der Waals surface area contributed by atoms with Gasteiger partial charge in [0, 0.05) is 11.8 Å². The van der Waals surface area contributed by atoms with Crippen molar-refractivity contribution in [2.24, 2.45) is 5.11 Å². The van der Waals surface area contributed by atoms with Gasteiger partial charge in [0.2, 0.25) is 5.91 Å². The van der Waals surface area contributed by atoms with Crippen LogP contribution < -0.4 is 5.76 Å². The van der Waals surface area contributed by atoms with Gasteiger partial charge in [-0.2, -0.15) is 0 Å². The number of carbonyl (C=O) groups excluding carboxylic acids is 1. The van der Waals surface area contributed by atoms with Crippen LogP contribution in [0.3, 0.4) is 0 Å². The van der Waals surface area contributed by atoms with Crippen molar-refractivity contribution >= 4 is 17.0 Å². The summed E-state index contributed by atoms with van der Waals surface area (Å²) in [7, 11) is 0. The molecule has 0 bridgehead atoms. The van der Waals surface area contributed by atoms with E-state index < -0.39 is 11.7 Å². The molecule has 2 aromatic rings. The van der Waals surface area contributed by atoms with E-state index in [1.54, 1.807) is 18.2 Å². The first-order valence-electron chi connectivity index (χ1n) is 4.80. The Morgan fingerprint density at radius 1 is 1.59 bits per heavy atom. The van der Waals surface area contributed by atoms with Crippen LogP contribution in [0.1, 0.15) is 17.3 Å². The van der Waals surface area contributed by atoms with E-state index in [1.165, 1.54) is 6.92 Å². The molecule has 0 aliphatic carbocycles. The Hall–Kier alpha value is -2.53. The van der Waals surface area contributed by atoms with Crippen LogP contribution in [0.2, 0.25) is 0 Å². The fraction of sp³-hybridized carbons (Fsp3) is 0.200. The minimum Gasteiger partial charge on any atom is -0.407 e. The Morgan fingerprint density at radius 3 is 3.00 bits per heavy atom. The van der Waals surface area contributed by atoms with Crippen LogP contribution in [0.5, 0.6) is 0 Å². The van der Waals surface area contributed by atoms with Crippen molar-refractivity contribution in [3.8, 4) is 0 Å². The number of azide groups is 1. The Kier molecular flexibility index (Phi) is 2.68. The largest absolute Gasteiger partial charge is 0.426 e. The lowest BCUT2D eigenvalue weighted by Crippen LogP contribution is -2.19. The first-order valence-corrected chi connectivity index (χ1v) is 4.80. The van der Waals surface area contributed by atoms with E-state index in [2.05, 4.69) is 10.0 Å². The molecule has 1 aromatic carbocycles. The average Bonchev–Trinajstić information content (AvgIpc) is 2.61. The SMILES string of the molecule is CC(=O)n1c(=O)oc2ccc(CN=[N+]=[N-])cc21. The van der Waals surface area contributed by atoms with E-state index in [-0.39, 0.29) is 6.54 Å². The highest BCUT2D eigenvalue weighted by atomic mass is 16.4. The molecule has 1 heterocycles. The van der Waals surface area contributed by atoms with E-state index in [4.69, 9.17) is 9.95 Å². The summed E-state index contributed by atoms with van der Waals surface area (Å²) in [6.45, 7) is 1.43. The predicted octanol–water partition coefficient (Wildman–Crippen LogP) is 2.06. The normalized spacial score (nSPS) is 10.2. The fourth-order valence-electron chi connectivity index (χ4n) is 1.57.